The minimum atomic E-state index is -0.0327. The van der Waals surface area contributed by atoms with Gasteiger partial charge in [0.25, 0.3) is 5.56 Å². The number of thiophene rings is 1. The second-order valence-corrected chi connectivity index (χ2v) is 4.69. The molecule has 1 N–H and O–H groups in total. The lowest BCUT2D eigenvalue weighted by atomic mass is 10.1. The highest BCUT2D eigenvalue weighted by Crippen LogP contribution is 2.28. The number of aryl methyl sites for hydroxylation is 2. The van der Waals surface area contributed by atoms with Gasteiger partial charge in [0.05, 0.1) is 10.6 Å². The maximum atomic E-state index is 11.7. The van der Waals surface area contributed by atoms with Crippen molar-refractivity contribution in [2.24, 2.45) is 0 Å². The van der Waals surface area contributed by atoms with Gasteiger partial charge in [-0.25, -0.2) is 4.98 Å². The van der Waals surface area contributed by atoms with Crippen molar-refractivity contribution in [2.45, 2.75) is 27.2 Å². The van der Waals surface area contributed by atoms with Crippen molar-refractivity contribution < 1.29 is 0 Å². The molecule has 0 atom stereocenters. The van der Waals surface area contributed by atoms with Crippen LogP contribution >= 0.6 is 11.3 Å². The first-order chi connectivity index (χ1) is 7.63. The summed E-state index contributed by atoms with van der Waals surface area (Å²) in [6.45, 7) is 5.85. The molecule has 0 aliphatic rings. The monoisotopic (exact) mass is 234 g/mol. The third-order valence-electron chi connectivity index (χ3n) is 2.61. The molecule has 0 aromatic carbocycles. The molecular weight excluding hydrogens is 220 g/mol. The van der Waals surface area contributed by atoms with Gasteiger partial charge in [0.1, 0.15) is 5.82 Å². The lowest BCUT2D eigenvalue weighted by Crippen LogP contribution is -2.15. The van der Waals surface area contributed by atoms with E-state index in [1.165, 1.54) is 5.56 Å². The Hall–Kier alpha value is -1.42. The lowest BCUT2D eigenvalue weighted by molar-refractivity contribution is 0.913. The zero-order valence-corrected chi connectivity index (χ0v) is 10.4. The summed E-state index contributed by atoms with van der Waals surface area (Å²) in [6, 6.07) is 2.05. The van der Waals surface area contributed by atoms with Crippen LogP contribution in [0.15, 0.2) is 16.2 Å². The fourth-order valence-electron chi connectivity index (χ4n) is 1.58. The Morgan fingerprint density at radius 3 is 2.75 bits per heavy atom. The second kappa shape index (κ2) is 4.22. The average Bonchev–Trinajstić information content (AvgIpc) is 2.68. The molecule has 2 heterocycles. The largest absolute Gasteiger partial charge is 0.310 e. The topological polar surface area (TPSA) is 45.8 Å². The van der Waals surface area contributed by atoms with Gasteiger partial charge in [-0.1, -0.05) is 6.92 Å². The maximum absolute atomic E-state index is 11.7. The molecule has 0 aliphatic heterocycles. The van der Waals surface area contributed by atoms with E-state index >= 15 is 0 Å². The number of H-pyrrole nitrogens is 1. The van der Waals surface area contributed by atoms with Crippen LogP contribution in [0.2, 0.25) is 0 Å². The number of hydrogen-bond donors (Lipinski definition) is 1. The van der Waals surface area contributed by atoms with Gasteiger partial charge in [0.2, 0.25) is 0 Å². The molecule has 0 unspecified atom stereocenters. The van der Waals surface area contributed by atoms with Crippen LogP contribution < -0.4 is 5.56 Å². The zero-order chi connectivity index (χ0) is 11.7. The van der Waals surface area contributed by atoms with E-state index in [9.17, 15) is 4.79 Å². The number of nitrogens with one attached hydrogen (secondary N) is 1. The summed E-state index contributed by atoms with van der Waals surface area (Å²) in [5, 5.41) is 2.03. The van der Waals surface area contributed by atoms with Gasteiger partial charge in [0.15, 0.2) is 0 Å². The fraction of sp³-hybridized carbons (Fsp3) is 0.333. The van der Waals surface area contributed by atoms with E-state index in [1.807, 2.05) is 32.2 Å². The first-order valence-electron chi connectivity index (χ1n) is 5.27. The number of hydrogen-bond acceptors (Lipinski definition) is 3. The van der Waals surface area contributed by atoms with E-state index in [0.717, 1.165) is 22.8 Å². The first-order valence-corrected chi connectivity index (χ1v) is 6.15. The van der Waals surface area contributed by atoms with Crippen LogP contribution in [0, 0.1) is 13.8 Å². The lowest BCUT2D eigenvalue weighted by Gasteiger charge is -2.05. The van der Waals surface area contributed by atoms with Crippen molar-refractivity contribution in [2.75, 3.05) is 0 Å². The molecule has 2 rings (SSSR count). The van der Waals surface area contributed by atoms with Gasteiger partial charge < -0.3 is 4.98 Å². The Balaban J connectivity index is 2.69. The van der Waals surface area contributed by atoms with Crippen molar-refractivity contribution in [1.29, 1.82) is 0 Å². The van der Waals surface area contributed by atoms with E-state index in [0.29, 0.717) is 5.56 Å². The number of aromatic nitrogens is 2. The summed E-state index contributed by atoms with van der Waals surface area (Å²) in [6.07, 6.45) is 0.743. The minimum absolute atomic E-state index is 0.0327. The Bertz CT molecular complexity index is 569. The SMILES string of the molecule is CCc1nc(-c2sccc2C)c(C)c(=O)[nH]1. The molecule has 0 amide bonds. The Kier molecular flexibility index (Phi) is 2.92. The molecule has 0 fully saturated rings. The number of aromatic amines is 1. The smallest absolute Gasteiger partial charge is 0.254 e. The van der Waals surface area contributed by atoms with Crippen LogP contribution in [0.25, 0.3) is 10.6 Å². The van der Waals surface area contributed by atoms with Gasteiger partial charge >= 0.3 is 0 Å². The highest BCUT2D eigenvalue weighted by molar-refractivity contribution is 7.13. The van der Waals surface area contributed by atoms with Crippen LogP contribution in [0.4, 0.5) is 0 Å². The Labute approximate surface area is 98.2 Å². The molecule has 0 bridgehead atoms. The van der Waals surface area contributed by atoms with E-state index in [-0.39, 0.29) is 5.56 Å². The summed E-state index contributed by atoms with van der Waals surface area (Å²) < 4.78 is 0. The first kappa shape index (κ1) is 11.1. The molecule has 0 aliphatic carbocycles. The minimum Gasteiger partial charge on any atom is -0.310 e. The normalized spacial score (nSPS) is 10.7. The highest BCUT2D eigenvalue weighted by Gasteiger charge is 2.12. The summed E-state index contributed by atoms with van der Waals surface area (Å²) in [7, 11) is 0. The van der Waals surface area contributed by atoms with Gasteiger partial charge in [-0.3, -0.25) is 4.79 Å². The van der Waals surface area contributed by atoms with Crippen LogP contribution in [-0.4, -0.2) is 9.97 Å². The van der Waals surface area contributed by atoms with Gasteiger partial charge in [-0.15, -0.1) is 11.3 Å². The summed E-state index contributed by atoms with van der Waals surface area (Å²) >= 11 is 1.63. The van der Waals surface area contributed by atoms with Gasteiger partial charge in [-0.2, -0.15) is 0 Å². The third-order valence-corrected chi connectivity index (χ3v) is 3.64. The number of rotatable bonds is 2. The molecule has 0 spiro atoms. The fourth-order valence-corrected chi connectivity index (χ4v) is 2.56. The van der Waals surface area contributed by atoms with Crippen molar-refractivity contribution in [3.8, 4) is 10.6 Å². The van der Waals surface area contributed by atoms with Crippen molar-refractivity contribution >= 4 is 11.3 Å². The molecule has 84 valence electrons. The second-order valence-electron chi connectivity index (χ2n) is 3.77. The predicted octanol–water partition coefficient (Wildman–Crippen LogP) is 2.68. The molecule has 0 radical (unpaired) electrons. The van der Waals surface area contributed by atoms with E-state index in [1.54, 1.807) is 11.3 Å². The highest BCUT2D eigenvalue weighted by atomic mass is 32.1. The van der Waals surface area contributed by atoms with Gasteiger partial charge in [0, 0.05) is 12.0 Å². The summed E-state index contributed by atoms with van der Waals surface area (Å²) in [5.74, 6) is 0.749. The van der Waals surface area contributed by atoms with E-state index in [4.69, 9.17) is 0 Å². The van der Waals surface area contributed by atoms with Crippen LogP contribution in [0.1, 0.15) is 23.9 Å². The third kappa shape index (κ3) is 1.80. The van der Waals surface area contributed by atoms with Crippen LogP contribution in [-0.2, 0) is 6.42 Å². The molecule has 4 heteroatoms. The average molecular weight is 234 g/mol. The molecule has 0 saturated carbocycles. The predicted molar refractivity (Wildman–Crippen MR) is 67.0 cm³/mol. The molecule has 0 saturated heterocycles. The van der Waals surface area contributed by atoms with E-state index in [2.05, 4.69) is 9.97 Å². The maximum Gasteiger partial charge on any atom is 0.254 e. The van der Waals surface area contributed by atoms with Crippen molar-refractivity contribution in [1.82, 2.24) is 9.97 Å². The number of nitrogens with zero attached hydrogens (tertiary/aromatic N) is 1. The van der Waals surface area contributed by atoms with Crippen molar-refractivity contribution in [3.63, 3.8) is 0 Å². The van der Waals surface area contributed by atoms with E-state index < -0.39 is 0 Å². The Morgan fingerprint density at radius 1 is 1.44 bits per heavy atom. The molecule has 2 aromatic heterocycles. The van der Waals surface area contributed by atoms with Crippen LogP contribution in [0.3, 0.4) is 0 Å². The van der Waals surface area contributed by atoms with Gasteiger partial charge in [-0.05, 0) is 30.9 Å². The molecule has 16 heavy (non-hydrogen) atoms. The quantitative estimate of drug-likeness (QED) is 0.868. The summed E-state index contributed by atoms with van der Waals surface area (Å²) in [4.78, 5) is 20.1. The van der Waals surface area contributed by atoms with Crippen LogP contribution in [0.5, 0.6) is 0 Å². The van der Waals surface area contributed by atoms with Crippen molar-refractivity contribution in [3.05, 3.63) is 38.8 Å². The molecular formula is C12H14N2OS. The Morgan fingerprint density at radius 2 is 2.19 bits per heavy atom. The molecule has 2 aromatic rings. The summed E-state index contributed by atoms with van der Waals surface area (Å²) in [5.41, 5.74) is 2.67. The zero-order valence-electron chi connectivity index (χ0n) is 9.63. The molecule has 3 nitrogen and oxygen atoms in total. The standard InChI is InChI=1S/C12H14N2OS/c1-4-9-13-10(8(3)12(15)14-9)11-7(2)5-6-16-11/h5-6H,4H2,1-3H3,(H,13,14,15).